The summed E-state index contributed by atoms with van der Waals surface area (Å²) in [4.78, 5) is 23.7. The molecular weight excluding hydrogens is 330 g/mol. The van der Waals surface area contributed by atoms with Crippen molar-refractivity contribution in [2.45, 2.75) is 33.6 Å². The van der Waals surface area contributed by atoms with Crippen LogP contribution >= 0.6 is 11.6 Å². The predicted octanol–water partition coefficient (Wildman–Crippen LogP) is 4.13. The molecular formula is C17H20ClN3O3. The summed E-state index contributed by atoms with van der Waals surface area (Å²) in [6.45, 7) is 5.88. The van der Waals surface area contributed by atoms with Crippen LogP contribution in [0.25, 0.3) is 0 Å². The van der Waals surface area contributed by atoms with Gasteiger partial charge in [0.05, 0.1) is 16.4 Å². The molecule has 0 spiro atoms. The number of hydrogen-bond donors (Lipinski definition) is 2. The van der Waals surface area contributed by atoms with Crippen molar-refractivity contribution in [3.63, 3.8) is 0 Å². The first kappa shape index (κ1) is 18.0. The van der Waals surface area contributed by atoms with Crippen LogP contribution < -0.4 is 10.6 Å². The van der Waals surface area contributed by atoms with Crippen molar-refractivity contribution >= 4 is 34.8 Å². The lowest BCUT2D eigenvalue weighted by molar-refractivity contribution is -0.115. The van der Waals surface area contributed by atoms with Crippen molar-refractivity contribution in [1.29, 1.82) is 0 Å². The molecule has 2 N–H and O–H groups in total. The largest absolute Gasteiger partial charge is 0.351 e. The van der Waals surface area contributed by atoms with E-state index in [1.165, 1.54) is 0 Å². The molecule has 0 aliphatic heterocycles. The van der Waals surface area contributed by atoms with Gasteiger partial charge in [0.25, 0.3) is 5.91 Å². The maximum atomic E-state index is 12.3. The lowest BCUT2D eigenvalue weighted by atomic mass is 10.1. The van der Waals surface area contributed by atoms with E-state index >= 15 is 0 Å². The van der Waals surface area contributed by atoms with Crippen LogP contribution in [-0.2, 0) is 11.2 Å². The monoisotopic (exact) mass is 349 g/mol. The van der Waals surface area contributed by atoms with Gasteiger partial charge in [-0.3, -0.25) is 9.59 Å². The molecule has 0 aliphatic rings. The minimum atomic E-state index is -0.446. The number of nitrogens with zero attached hydrogens (tertiary/aromatic N) is 1. The summed E-state index contributed by atoms with van der Waals surface area (Å²) in [6.07, 6.45) is 1.09. The predicted molar refractivity (Wildman–Crippen MR) is 93.4 cm³/mol. The molecule has 0 saturated heterocycles. The summed E-state index contributed by atoms with van der Waals surface area (Å²) < 4.78 is 5.08. The molecule has 1 aromatic heterocycles. The smallest absolute Gasteiger partial charge is 0.294 e. The summed E-state index contributed by atoms with van der Waals surface area (Å²) in [7, 11) is 0. The molecule has 1 aromatic carbocycles. The highest BCUT2D eigenvalue weighted by molar-refractivity contribution is 6.34. The molecule has 2 rings (SSSR count). The third-order valence-corrected chi connectivity index (χ3v) is 3.55. The Labute approximate surface area is 145 Å². The van der Waals surface area contributed by atoms with Gasteiger partial charge in [0.15, 0.2) is 0 Å². The molecule has 0 fully saturated rings. The van der Waals surface area contributed by atoms with Crippen molar-refractivity contribution in [3.8, 4) is 0 Å². The quantitative estimate of drug-likeness (QED) is 0.821. The minimum Gasteiger partial charge on any atom is -0.351 e. The van der Waals surface area contributed by atoms with Crippen LogP contribution in [0.2, 0.25) is 5.02 Å². The molecule has 0 bridgehead atoms. The average Bonchev–Trinajstić information content (AvgIpc) is 2.98. The van der Waals surface area contributed by atoms with Gasteiger partial charge in [0.2, 0.25) is 11.7 Å². The number of aromatic nitrogens is 1. The van der Waals surface area contributed by atoms with Crippen LogP contribution in [0.1, 0.15) is 43.4 Å². The van der Waals surface area contributed by atoms with Gasteiger partial charge < -0.3 is 15.2 Å². The van der Waals surface area contributed by atoms with E-state index in [4.69, 9.17) is 16.1 Å². The molecule has 0 radical (unpaired) electrons. The van der Waals surface area contributed by atoms with Crippen molar-refractivity contribution in [3.05, 3.63) is 40.7 Å². The SMILES string of the molecule is CCC(=O)Nc1ccc(Cl)c(NC(=O)c2cc(CC(C)C)no2)c1. The number of nitrogens with one attached hydrogen (secondary N) is 2. The molecule has 2 aromatic rings. The molecule has 0 atom stereocenters. The van der Waals surface area contributed by atoms with E-state index in [-0.39, 0.29) is 11.7 Å². The fourth-order valence-corrected chi connectivity index (χ4v) is 2.23. The maximum Gasteiger partial charge on any atom is 0.294 e. The zero-order chi connectivity index (χ0) is 17.7. The van der Waals surface area contributed by atoms with E-state index in [2.05, 4.69) is 29.6 Å². The van der Waals surface area contributed by atoms with E-state index < -0.39 is 5.91 Å². The maximum absolute atomic E-state index is 12.3. The first-order chi connectivity index (χ1) is 11.4. The second-order valence-corrected chi connectivity index (χ2v) is 6.24. The van der Waals surface area contributed by atoms with Crippen molar-refractivity contribution in [2.24, 2.45) is 5.92 Å². The molecule has 24 heavy (non-hydrogen) atoms. The Morgan fingerprint density at radius 2 is 2.00 bits per heavy atom. The van der Waals surface area contributed by atoms with Gasteiger partial charge in [-0.2, -0.15) is 0 Å². The Hall–Kier alpha value is -2.34. The second-order valence-electron chi connectivity index (χ2n) is 5.83. The number of carbonyl (C=O) groups is 2. The molecule has 0 saturated carbocycles. The Bertz CT molecular complexity index is 740. The van der Waals surface area contributed by atoms with Crippen LogP contribution in [0.5, 0.6) is 0 Å². The summed E-state index contributed by atoms with van der Waals surface area (Å²) in [5, 5.41) is 9.63. The van der Waals surface area contributed by atoms with Gasteiger partial charge in [-0.25, -0.2) is 0 Å². The highest BCUT2D eigenvalue weighted by Gasteiger charge is 2.15. The first-order valence-corrected chi connectivity index (χ1v) is 8.13. The Balaban J connectivity index is 2.11. The van der Waals surface area contributed by atoms with E-state index in [1.54, 1.807) is 31.2 Å². The van der Waals surface area contributed by atoms with Crippen LogP contribution in [-0.4, -0.2) is 17.0 Å². The number of hydrogen-bond acceptors (Lipinski definition) is 4. The van der Waals surface area contributed by atoms with Crippen molar-refractivity contribution in [1.82, 2.24) is 5.16 Å². The number of anilines is 2. The van der Waals surface area contributed by atoms with E-state index in [9.17, 15) is 9.59 Å². The summed E-state index contributed by atoms with van der Waals surface area (Å²) in [6, 6.07) is 6.49. The van der Waals surface area contributed by atoms with E-state index in [1.807, 2.05) is 0 Å². The first-order valence-electron chi connectivity index (χ1n) is 7.75. The van der Waals surface area contributed by atoms with Gasteiger partial charge in [-0.05, 0) is 30.5 Å². The number of rotatable bonds is 6. The molecule has 6 nitrogen and oxygen atoms in total. The third-order valence-electron chi connectivity index (χ3n) is 3.22. The fraction of sp³-hybridized carbons (Fsp3) is 0.353. The van der Waals surface area contributed by atoms with Gasteiger partial charge in [0.1, 0.15) is 0 Å². The molecule has 2 amide bonds. The van der Waals surface area contributed by atoms with Crippen molar-refractivity contribution in [2.75, 3.05) is 10.6 Å². The van der Waals surface area contributed by atoms with Crippen LogP contribution in [0.3, 0.4) is 0 Å². The van der Waals surface area contributed by atoms with E-state index in [0.717, 1.165) is 12.1 Å². The molecule has 1 heterocycles. The lowest BCUT2D eigenvalue weighted by Crippen LogP contribution is -2.13. The molecule has 0 unspecified atom stereocenters. The number of amides is 2. The minimum absolute atomic E-state index is 0.115. The second kappa shape index (κ2) is 7.97. The van der Waals surface area contributed by atoms with Crippen molar-refractivity contribution < 1.29 is 14.1 Å². The Morgan fingerprint density at radius 3 is 2.67 bits per heavy atom. The van der Waals surface area contributed by atoms with Crippen LogP contribution in [0.15, 0.2) is 28.8 Å². The molecule has 7 heteroatoms. The number of halogens is 1. The van der Waals surface area contributed by atoms with Crippen LogP contribution in [0.4, 0.5) is 11.4 Å². The Kier molecular flexibility index (Phi) is 5.98. The molecule has 0 aliphatic carbocycles. The van der Waals surface area contributed by atoms with Gasteiger partial charge in [0, 0.05) is 18.2 Å². The number of benzene rings is 1. The van der Waals surface area contributed by atoms with Gasteiger partial charge in [-0.15, -0.1) is 0 Å². The standard InChI is InChI=1S/C17H20ClN3O3/c1-4-16(22)19-11-5-6-13(18)14(8-11)20-17(23)15-9-12(21-24-15)7-10(2)3/h5-6,8-10H,4,7H2,1-3H3,(H,19,22)(H,20,23). The highest BCUT2D eigenvalue weighted by Crippen LogP contribution is 2.26. The van der Waals surface area contributed by atoms with Gasteiger partial charge >= 0.3 is 0 Å². The number of carbonyl (C=O) groups excluding carboxylic acids is 2. The molecule has 128 valence electrons. The zero-order valence-electron chi connectivity index (χ0n) is 13.9. The topological polar surface area (TPSA) is 84.2 Å². The van der Waals surface area contributed by atoms with E-state index in [0.29, 0.717) is 28.7 Å². The lowest BCUT2D eigenvalue weighted by Gasteiger charge is -2.09. The average molecular weight is 350 g/mol. The van der Waals surface area contributed by atoms with Gasteiger partial charge in [-0.1, -0.05) is 37.5 Å². The third kappa shape index (κ3) is 4.83. The van der Waals surface area contributed by atoms with Crippen LogP contribution in [0, 0.1) is 5.92 Å². The zero-order valence-corrected chi connectivity index (χ0v) is 14.6. The summed E-state index contributed by atoms with van der Waals surface area (Å²) in [5.74, 6) is -0.0365. The Morgan fingerprint density at radius 1 is 1.25 bits per heavy atom. The normalized spacial score (nSPS) is 10.7. The summed E-state index contributed by atoms with van der Waals surface area (Å²) in [5.41, 5.74) is 1.67. The highest BCUT2D eigenvalue weighted by atomic mass is 35.5. The fourth-order valence-electron chi connectivity index (χ4n) is 2.07. The summed E-state index contributed by atoms with van der Waals surface area (Å²) >= 11 is 6.10.